The highest BCUT2D eigenvalue weighted by Crippen LogP contribution is 2.20. The number of ether oxygens (including phenoxy) is 1. The van der Waals surface area contributed by atoms with Crippen LogP contribution in [0.1, 0.15) is 25.0 Å². The van der Waals surface area contributed by atoms with Crippen LogP contribution in [0.25, 0.3) is 0 Å². The first-order valence-corrected chi connectivity index (χ1v) is 6.17. The topological polar surface area (TPSA) is 38.5 Å². The van der Waals surface area contributed by atoms with Crippen molar-refractivity contribution in [1.29, 1.82) is 0 Å². The molecule has 0 fully saturated rings. The largest absolute Gasteiger partial charge is 0.377 e. The summed E-state index contributed by atoms with van der Waals surface area (Å²) in [5, 5.41) is 0. The number of nitrogens with two attached hydrogens (primary N) is 1. The Bertz CT molecular complexity index is 350. The van der Waals surface area contributed by atoms with Crippen LogP contribution in [-0.2, 0) is 11.3 Å². The van der Waals surface area contributed by atoms with E-state index in [1.165, 1.54) is 16.8 Å². The highest BCUT2D eigenvalue weighted by atomic mass is 16.5. The smallest absolute Gasteiger partial charge is 0.0644 e. The number of benzene rings is 1. The maximum absolute atomic E-state index is 5.78. The zero-order valence-electron chi connectivity index (χ0n) is 11.4. The quantitative estimate of drug-likeness (QED) is 0.823. The van der Waals surface area contributed by atoms with Gasteiger partial charge in [-0.3, -0.25) is 0 Å². The molecule has 0 atom stereocenters. The van der Waals surface area contributed by atoms with E-state index in [2.05, 4.69) is 50.9 Å². The molecule has 0 radical (unpaired) electrons. The van der Waals surface area contributed by atoms with Crippen molar-refractivity contribution in [1.82, 2.24) is 0 Å². The fourth-order valence-corrected chi connectivity index (χ4v) is 1.80. The Morgan fingerprint density at radius 1 is 1.35 bits per heavy atom. The van der Waals surface area contributed by atoms with Crippen molar-refractivity contribution >= 4 is 5.69 Å². The second kappa shape index (κ2) is 6.62. The Balaban J connectivity index is 2.64. The third kappa shape index (κ3) is 4.36. The summed E-state index contributed by atoms with van der Waals surface area (Å²) in [7, 11) is 2.08. The average Bonchev–Trinajstić information content (AvgIpc) is 2.28. The highest BCUT2D eigenvalue weighted by molar-refractivity contribution is 5.54. The molecule has 1 aromatic rings. The molecule has 0 bridgehead atoms. The van der Waals surface area contributed by atoms with Gasteiger partial charge in [-0.25, -0.2) is 0 Å². The maximum atomic E-state index is 5.78. The van der Waals surface area contributed by atoms with Gasteiger partial charge in [0.1, 0.15) is 0 Å². The number of anilines is 1. The fourth-order valence-electron chi connectivity index (χ4n) is 1.80. The summed E-state index contributed by atoms with van der Waals surface area (Å²) in [6.07, 6.45) is 0.287. The molecule has 3 heteroatoms. The van der Waals surface area contributed by atoms with E-state index in [0.29, 0.717) is 6.54 Å². The van der Waals surface area contributed by atoms with Crippen LogP contribution in [0, 0.1) is 6.92 Å². The Morgan fingerprint density at radius 3 is 2.65 bits per heavy atom. The van der Waals surface area contributed by atoms with E-state index in [1.54, 1.807) is 0 Å². The van der Waals surface area contributed by atoms with Crippen LogP contribution in [0.3, 0.4) is 0 Å². The molecular formula is C14H24N2O. The Kier molecular flexibility index (Phi) is 5.45. The molecule has 1 aromatic carbocycles. The maximum Gasteiger partial charge on any atom is 0.0644 e. The van der Waals surface area contributed by atoms with Gasteiger partial charge in [-0.2, -0.15) is 0 Å². The van der Waals surface area contributed by atoms with Gasteiger partial charge in [-0.05, 0) is 32.4 Å². The molecule has 17 heavy (non-hydrogen) atoms. The minimum Gasteiger partial charge on any atom is -0.377 e. The Morgan fingerprint density at radius 2 is 2.06 bits per heavy atom. The van der Waals surface area contributed by atoms with Crippen molar-refractivity contribution < 1.29 is 4.74 Å². The third-order valence-electron chi connectivity index (χ3n) is 2.74. The van der Waals surface area contributed by atoms with Crippen molar-refractivity contribution in [3.05, 3.63) is 29.3 Å². The minimum absolute atomic E-state index is 0.287. The van der Waals surface area contributed by atoms with Gasteiger partial charge in [-0.15, -0.1) is 0 Å². The van der Waals surface area contributed by atoms with E-state index in [9.17, 15) is 0 Å². The second-order valence-corrected chi connectivity index (χ2v) is 4.68. The van der Waals surface area contributed by atoms with E-state index < -0.39 is 0 Å². The van der Waals surface area contributed by atoms with Crippen LogP contribution in [0.4, 0.5) is 5.69 Å². The van der Waals surface area contributed by atoms with Crippen LogP contribution in [0.5, 0.6) is 0 Å². The monoisotopic (exact) mass is 236 g/mol. The third-order valence-corrected chi connectivity index (χ3v) is 2.74. The molecule has 3 nitrogen and oxygen atoms in total. The molecule has 0 spiro atoms. The van der Waals surface area contributed by atoms with Crippen LogP contribution in [0.2, 0.25) is 0 Å². The molecule has 0 saturated carbocycles. The van der Waals surface area contributed by atoms with Crippen molar-refractivity contribution in [3.63, 3.8) is 0 Å². The molecule has 0 aliphatic rings. The molecule has 0 amide bonds. The average molecular weight is 236 g/mol. The molecule has 0 saturated heterocycles. The second-order valence-electron chi connectivity index (χ2n) is 4.68. The number of hydrogen-bond acceptors (Lipinski definition) is 3. The first-order valence-electron chi connectivity index (χ1n) is 6.17. The molecule has 0 heterocycles. The molecular weight excluding hydrogens is 212 g/mol. The van der Waals surface area contributed by atoms with Crippen LogP contribution in [-0.4, -0.2) is 26.3 Å². The lowest BCUT2D eigenvalue weighted by Crippen LogP contribution is -2.25. The van der Waals surface area contributed by atoms with E-state index in [1.807, 2.05) is 0 Å². The SMILES string of the molecule is Cc1ccc(N(C)CCOC(C)C)c(CN)c1. The van der Waals surface area contributed by atoms with Crippen LogP contribution in [0.15, 0.2) is 18.2 Å². The summed E-state index contributed by atoms with van der Waals surface area (Å²) >= 11 is 0. The summed E-state index contributed by atoms with van der Waals surface area (Å²) in [6, 6.07) is 6.40. The standard InChI is InChI=1S/C14H24N2O/c1-11(2)17-8-7-16(4)14-6-5-12(3)9-13(14)10-15/h5-6,9,11H,7-8,10,15H2,1-4H3. The fraction of sp³-hybridized carbons (Fsp3) is 0.571. The van der Waals surface area contributed by atoms with Crippen LogP contribution < -0.4 is 10.6 Å². The van der Waals surface area contributed by atoms with Gasteiger partial charge in [0.2, 0.25) is 0 Å². The summed E-state index contributed by atoms with van der Waals surface area (Å²) in [6.45, 7) is 8.39. The molecule has 0 aliphatic carbocycles. The molecule has 0 unspecified atom stereocenters. The predicted octanol–water partition coefficient (Wildman–Crippen LogP) is 2.31. The lowest BCUT2D eigenvalue weighted by molar-refractivity contribution is 0.0846. The lowest BCUT2D eigenvalue weighted by atomic mass is 10.1. The van der Waals surface area contributed by atoms with E-state index >= 15 is 0 Å². The van der Waals surface area contributed by atoms with Gasteiger partial charge in [-0.1, -0.05) is 17.7 Å². The summed E-state index contributed by atoms with van der Waals surface area (Å²) in [4.78, 5) is 2.20. The van der Waals surface area contributed by atoms with Crippen LogP contribution >= 0.6 is 0 Å². The van der Waals surface area contributed by atoms with Gasteiger partial charge in [0.25, 0.3) is 0 Å². The van der Waals surface area contributed by atoms with Crippen molar-refractivity contribution in [2.45, 2.75) is 33.4 Å². The van der Waals surface area contributed by atoms with E-state index in [0.717, 1.165) is 13.2 Å². The van der Waals surface area contributed by atoms with Crippen molar-refractivity contribution in [2.75, 3.05) is 25.1 Å². The zero-order valence-corrected chi connectivity index (χ0v) is 11.4. The number of aryl methyl sites for hydroxylation is 1. The zero-order chi connectivity index (χ0) is 12.8. The molecule has 2 N–H and O–H groups in total. The molecule has 1 rings (SSSR count). The van der Waals surface area contributed by atoms with Gasteiger partial charge >= 0.3 is 0 Å². The number of nitrogens with zero attached hydrogens (tertiary/aromatic N) is 1. The Labute approximate surface area is 105 Å². The summed E-state index contributed by atoms with van der Waals surface area (Å²) in [5.41, 5.74) is 9.42. The minimum atomic E-state index is 0.287. The van der Waals surface area contributed by atoms with E-state index in [-0.39, 0.29) is 6.10 Å². The van der Waals surface area contributed by atoms with Crippen molar-refractivity contribution in [2.24, 2.45) is 5.73 Å². The lowest BCUT2D eigenvalue weighted by Gasteiger charge is -2.23. The normalized spacial score (nSPS) is 10.9. The molecule has 0 aromatic heterocycles. The predicted molar refractivity (Wildman–Crippen MR) is 73.4 cm³/mol. The highest BCUT2D eigenvalue weighted by Gasteiger charge is 2.06. The molecule has 0 aliphatic heterocycles. The molecule has 96 valence electrons. The van der Waals surface area contributed by atoms with Gasteiger partial charge in [0, 0.05) is 25.8 Å². The summed E-state index contributed by atoms with van der Waals surface area (Å²) in [5.74, 6) is 0. The van der Waals surface area contributed by atoms with E-state index in [4.69, 9.17) is 10.5 Å². The van der Waals surface area contributed by atoms with Crippen molar-refractivity contribution in [3.8, 4) is 0 Å². The van der Waals surface area contributed by atoms with Gasteiger partial charge in [0.05, 0.1) is 12.7 Å². The summed E-state index contributed by atoms with van der Waals surface area (Å²) < 4.78 is 5.56. The number of rotatable bonds is 6. The Hall–Kier alpha value is -1.06. The number of likely N-dealkylation sites (N-methyl/N-ethyl adjacent to an activating group) is 1. The number of hydrogen-bond donors (Lipinski definition) is 1. The van der Waals surface area contributed by atoms with Gasteiger partial charge < -0.3 is 15.4 Å². The first-order chi connectivity index (χ1) is 8.04. The van der Waals surface area contributed by atoms with Gasteiger partial charge in [0.15, 0.2) is 0 Å². The first kappa shape index (κ1) is 14.0.